The average molecular weight is 297 g/mol. The van der Waals surface area contributed by atoms with E-state index in [1.165, 1.54) is 18.5 Å². The maximum atomic E-state index is 13.1. The van der Waals surface area contributed by atoms with Gasteiger partial charge in [0.1, 0.15) is 0 Å². The summed E-state index contributed by atoms with van der Waals surface area (Å²) < 4.78 is 43.9. The van der Waals surface area contributed by atoms with Gasteiger partial charge < -0.3 is 10.5 Å². The summed E-state index contributed by atoms with van der Waals surface area (Å²) in [6.45, 7) is 0. The molecule has 0 bridgehead atoms. The molecule has 21 heavy (non-hydrogen) atoms. The minimum Gasteiger partial charge on any atom is -0.465 e. The summed E-state index contributed by atoms with van der Waals surface area (Å²) in [5.41, 5.74) is 4.06. The lowest BCUT2D eigenvalue weighted by molar-refractivity contribution is -0.137. The lowest BCUT2D eigenvalue weighted by atomic mass is 9.97. The van der Waals surface area contributed by atoms with E-state index in [1.807, 2.05) is 0 Å². The maximum Gasteiger partial charge on any atom is 0.417 e. The number of carbonyl (C=O) groups excluding carboxylic acids is 1. The number of alkyl halides is 3. The van der Waals surface area contributed by atoms with Gasteiger partial charge in [0.2, 0.25) is 0 Å². The first-order chi connectivity index (χ1) is 9.84. The highest BCUT2D eigenvalue weighted by atomic mass is 19.4. The molecule has 0 aliphatic carbocycles. The van der Waals surface area contributed by atoms with Crippen LogP contribution in [0.25, 0.3) is 11.1 Å². The van der Waals surface area contributed by atoms with Gasteiger partial charge in [0.15, 0.2) is 0 Å². The van der Waals surface area contributed by atoms with E-state index < -0.39 is 17.7 Å². The van der Waals surface area contributed by atoms with Crippen LogP contribution in [0.4, 0.5) is 18.9 Å². The zero-order chi connectivity index (χ0) is 15.6. The zero-order valence-electron chi connectivity index (χ0n) is 10.8. The number of esters is 1. The van der Waals surface area contributed by atoms with E-state index in [-0.39, 0.29) is 22.4 Å². The molecule has 0 fully saturated rings. The Morgan fingerprint density at radius 2 is 2.00 bits per heavy atom. The first kappa shape index (κ1) is 14.8. The molecule has 0 amide bonds. The fourth-order valence-corrected chi connectivity index (χ4v) is 1.83. The number of nitrogen functional groups attached to an aromatic ring is 1. The fraction of sp³-hybridized carbons (Fsp3) is 0.154. The van der Waals surface area contributed by atoms with Crippen molar-refractivity contribution in [2.45, 2.75) is 6.18 Å². The van der Waals surface area contributed by atoms with E-state index >= 15 is 0 Å². The lowest BCUT2D eigenvalue weighted by Gasteiger charge is -2.15. The van der Waals surface area contributed by atoms with Gasteiger partial charge in [0.25, 0.3) is 0 Å². The highest BCUT2D eigenvalue weighted by Gasteiger charge is 2.35. The van der Waals surface area contributed by atoms with E-state index in [2.05, 4.69) is 14.9 Å². The molecule has 5 nitrogen and oxygen atoms in total. The van der Waals surface area contributed by atoms with E-state index in [0.717, 1.165) is 13.2 Å². The smallest absolute Gasteiger partial charge is 0.417 e. The number of methoxy groups -OCH3 is 1. The normalized spacial score (nSPS) is 11.2. The third-order valence-electron chi connectivity index (χ3n) is 2.80. The number of hydrogen-bond acceptors (Lipinski definition) is 5. The van der Waals surface area contributed by atoms with Crippen LogP contribution in [0.1, 0.15) is 15.9 Å². The van der Waals surface area contributed by atoms with Crippen molar-refractivity contribution in [1.82, 2.24) is 10.2 Å². The minimum atomic E-state index is -4.62. The van der Waals surface area contributed by atoms with Crippen LogP contribution in [0.5, 0.6) is 0 Å². The van der Waals surface area contributed by atoms with Crippen molar-refractivity contribution in [2.75, 3.05) is 12.8 Å². The molecule has 1 aromatic carbocycles. The van der Waals surface area contributed by atoms with Crippen LogP contribution < -0.4 is 5.73 Å². The Morgan fingerprint density at radius 1 is 1.29 bits per heavy atom. The monoisotopic (exact) mass is 297 g/mol. The number of nitrogens with two attached hydrogens (primary N) is 1. The van der Waals surface area contributed by atoms with Gasteiger partial charge in [-0.3, -0.25) is 0 Å². The van der Waals surface area contributed by atoms with Crippen molar-refractivity contribution in [3.8, 4) is 11.1 Å². The van der Waals surface area contributed by atoms with Crippen molar-refractivity contribution in [3.63, 3.8) is 0 Å². The Hall–Kier alpha value is -2.64. The molecule has 2 N–H and O–H groups in total. The molecule has 0 aliphatic heterocycles. The first-order valence-corrected chi connectivity index (χ1v) is 5.70. The van der Waals surface area contributed by atoms with Crippen LogP contribution in [0.2, 0.25) is 0 Å². The standard InChI is InChI=1S/C13H10F3N3O2/c1-21-12(20)9-4-8(7-2-3-18-19-6-7)10(5-11(9)17)13(14,15)16/h2-6H,17H2,1H3. The van der Waals surface area contributed by atoms with Gasteiger partial charge in [-0.25, -0.2) is 4.79 Å². The Morgan fingerprint density at radius 3 is 2.52 bits per heavy atom. The molecule has 8 heteroatoms. The van der Waals surface area contributed by atoms with E-state index in [4.69, 9.17) is 5.73 Å². The molecule has 0 atom stereocenters. The molecule has 0 spiro atoms. The van der Waals surface area contributed by atoms with Gasteiger partial charge in [-0.05, 0) is 23.8 Å². The number of benzene rings is 1. The largest absolute Gasteiger partial charge is 0.465 e. The number of carbonyl (C=O) groups is 1. The second kappa shape index (κ2) is 5.39. The third kappa shape index (κ3) is 2.93. The van der Waals surface area contributed by atoms with Gasteiger partial charge in [0.05, 0.1) is 30.6 Å². The molecular weight excluding hydrogens is 287 g/mol. The SMILES string of the molecule is COC(=O)c1cc(-c2ccnnc2)c(C(F)(F)F)cc1N. The Labute approximate surface area is 117 Å². The quantitative estimate of drug-likeness (QED) is 0.680. The minimum absolute atomic E-state index is 0.141. The van der Waals surface area contributed by atoms with Gasteiger partial charge in [-0.1, -0.05) is 0 Å². The summed E-state index contributed by atoms with van der Waals surface area (Å²) in [7, 11) is 1.12. The van der Waals surface area contributed by atoms with Crippen molar-refractivity contribution >= 4 is 11.7 Å². The Balaban J connectivity index is 2.73. The van der Waals surface area contributed by atoms with Gasteiger partial charge in [-0.2, -0.15) is 23.4 Å². The second-order valence-corrected chi connectivity index (χ2v) is 4.11. The molecular formula is C13H10F3N3O2. The van der Waals surface area contributed by atoms with Gasteiger partial charge >= 0.3 is 12.1 Å². The van der Waals surface area contributed by atoms with E-state index in [9.17, 15) is 18.0 Å². The highest BCUT2D eigenvalue weighted by Crippen LogP contribution is 2.39. The van der Waals surface area contributed by atoms with Crippen LogP contribution >= 0.6 is 0 Å². The van der Waals surface area contributed by atoms with Crippen molar-refractivity contribution < 1.29 is 22.7 Å². The summed E-state index contributed by atoms with van der Waals surface area (Å²) >= 11 is 0. The molecule has 2 rings (SSSR count). The second-order valence-electron chi connectivity index (χ2n) is 4.11. The van der Waals surface area contributed by atoms with Crippen LogP contribution in [0.3, 0.4) is 0 Å². The van der Waals surface area contributed by atoms with Gasteiger partial charge in [-0.15, -0.1) is 0 Å². The Bertz CT molecular complexity index is 672. The van der Waals surface area contributed by atoms with Crippen LogP contribution in [-0.4, -0.2) is 23.3 Å². The Kier molecular flexibility index (Phi) is 3.79. The van der Waals surface area contributed by atoms with Crippen LogP contribution in [-0.2, 0) is 10.9 Å². The molecule has 1 heterocycles. The summed E-state index contributed by atoms with van der Waals surface area (Å²) in [6, 6.07) is 3.11. The number of hydrogen-bond donors (Lipinski definition) is 1. The fourth-order valence-electron chi connectivity index (χ4n) is 1.83. The first-order valence-electron chi connectivity index (χ1n) is 5.70. The van der Waals surface area contributed by atoms with Crippen LogP contribution in [0, 0.1) is 0 Å². The van der Waals surface area contributed by atoms with Crippen molar-refractivity contribution in [3.05, 3.63) is 41.7 Å². The summed E-state index contributed by atoms with van der Waals surface area (Å²) in [5, 5.41) is 7.04. The van der Waals surface area contributed by atoms with Crippen molar-refractivity contribution in [1.29, 1.82) is 0 Å². The van der Waals surface area contributed by atoms with E-state index in [1.54, 1.807) is 0 Å². The molecule has 0 unspecified atom stereocenters. The number of ether oxygens (including phenoxy) is 1. The number of anilines is 1. The zero-order valence-corrected chi connectivity index (χ0v) is 10.8. The number of rotatable bonds is 2. The molecule has 110 valence electrons. The molecule has 0 aliphatic rings. The predicted octanol–water partition coefficient (Wildman–Crippen LogP) is 2.53. The average Bonchev–Trinajstić information content (AvgIpc) is 2.46. The molecule has 0 saturated carbocycles. The number of nitrogens with zero attached hydrogens (tertiary/aromatic N) is 2. The summed E-state index contributed by atoms with van der Waals surface area (Å²) in [5.74, 6) is -0.815. The topological polar surface area (TPSA) is 78.1 Å². The van der Waals surface area contributed by atoms with E-state index in [0.29, 0.717) is 6.07 Å². The van der Waals surface area contributed by atoms with Gasteiger partial charge in [0, 0.05) is 11.3 Å². The highest BCUT2D eigenvalue weighted by molar-refractivity contribution is 5.97. The van der Waals surface area contributed by atoms with Crippen LogP contribution in [0.15, 0.2) is 30.6 Å². The summed E-state index contributed by atoms with van der Waals surface area (Å²) in [4.78, 5) is 11.6. The lowest BCUT2D eigenvalue weighted by Crippen LogP contribution is -2.12. The van der Waals surface area contributed by atoms with Crippen molar-refractivity contribution in [2.24, 2.45) is 0 Å². The third-order valence-corrected chi connectivity index (χ3v) is 2.80. The number of halogens is 3. The maximum absolute atomic E-state index is 13.1. The summed E-state index contributed by atoms with van der Waals surface area (Å²) in [6.07, 6.45) is -2.20. The molecule has 0 saturated heterocycles. The molecule has 1 aromatic heterocycles. The molecule has 2 aromatic rings. The molecule has 0 radical (unpaired) electrons. The number of aromatic nitrogens is 2. The predicted molar refractivity (Wildman–Crippen MR) is 68.2 cm³/mol.